The van der Waals surface area contributed by atoms with Gasteiger partial charge in [-0.05, 0) is 54.5 Å². The number of aliphatic hydroxyl groups excluding tert-OH is 1. The van der Waals surface area contributed by atoms with Gasteiger partial charge in [-0.25, -0.2) is 0 Å². The summed E-state index contributed by atoms with van der Waals surface area (Å²) in [4.78, 5) is 7.14. The molecule has 0 aliphatic carbocycles. The number of rotatable bonds is 7. The van der Waals surface area contributed by atoms with Gasteiger partial charge in [-0.15, -0.1) is 6.58 Å². The lowest BCUT2D eigenvalue weighted by Gasteiger charge is -2.51. The van der Waals surface area contributed by atoms with Crippen LogP contribution in [-0.2, 0) is 4.74 Å². The lowest BCUT2D eigenvalue weighted by Crippen LogP contribution is -2.55. The van der Waals surface area contributed by atoms with E-state index in [0.29, 0.717) is 11.8 Å². The maximum absolute atomic E-state index is 10.2. The summed E-state index contributed by atoms with van der Waals surface area (Å²) in [6.45, 7) is 6.16. The van der Waals surface area contributed by atoms with E-state index in [0.717, 1.165) is 41.5 Å². The number of aromatic nitrogens is 1. The number of hydrogen-bond acceptors (Lipinski definition) is 4. The number of nitrogens with zero attached hydrogens (tertiary/aromatic N) is 2. The number of pyridine rings is 1. The van der Waals surface area contributed by atoms with E-state index in [1.807, 2.05) is 42.6 Å². The zero-order valence-electron chi connectivity index (χ0n) is 17.8. The van der Waals surface area contributed by atoms with E-state index in [4.69, 9.17) is 4.74 Å². The van der Waals surface area contributed by atoms with Gasteiger partial charge in [0, 0.05) is 24.2 Å². The average molecular weight is 415 g/mol. The molecule has 0 amide bonds. The normalized spacial score (nSPS) is 27.1. The molecule has 1 aromatic heterocycles. The first-order chi connectivity index (χ1) is 15.3. The third-order valence-corrected chi connectivity index (χ3v) is 7.14. The summed E-state index contributed by atoms with van der Waals surface area (Å²) in [7, 11) is 0. The molecule has 2 bridgehead atoms. The van der Waals surface area contributed by atoms with E-state index in [-0.39, 0.29) is 24.9 Å². The Balaban J connectivity index is 1.55. The first-order valence-corrected chi connectivity index (χ1v) is 11.3. The van der Waals surface area contributed by atoms with Gasteiger partial charge in [0.05, 0.1) is 18.2 Å². The summed E-state index contributed by atoms with van der Waals surface area (Å²) >= 11 is 0. The number of para-hydroxylation sites is 1. The monoisotopic (exact) mass is 414 g/mol. The molecular weight excluding hydrogens is 384 g/mol. The summed E-state index contributed by atoms with van der Waals surface area (Å²) in [5.41, 5.74) is 3.15. The van der Waals surface area contributed by atoms with Gasteiger partial charge >= 0.3 is 0 Å². The van der Waals surface area contributed by atoms with Crippen molar-refractivity contribution in [3.8, 4) is 0 Å². The minimum atomic E-state index is -0.366. The SMILES string of the molecule is C=C[C@H]1CN2CC[C@H]1C[C@@H]2[C@H](O[C@H](CO)c1ccccc1)c1ccnc2ccccc12. The lowest BCUT2D eigenvalue weighted by molar-refractivity contribution is -0.113. The Kier molecular flexibility index (Phi) is 5.86. The molecule has 1 unspecified atom stereocenters. The van der Waals surface area contributed by atoms with Crippen LogP contribution in [0.1, 0.15) is 36.2 Å². The molecule has 6 atom stereocenters. The van der Waals surface area contributed by atoms with Crippen molar-refractivity contribution in [3.05, 3.63) is 90.6 Å². The number of ether oxygens (including phenoxy) is 1. The second-order valence-corrected chi connectivity index (χ2v) is 8.80. The van der Waals surface area contributed by atoms with Gasteiger partial charge in [0.15, 0.2) is 0 Å². The fraction of sp³-hybridized carbons (Fsp3) is 0.370. The topological polar surface area (TPSA) is 45.6 Å². The molecule has 3 aliphatic rings. The summed E-state index contributed by atoms with van der Waals surface area (Å²) in [6.07, 6.45) is 5.82. The highest BCUT2D eigenvalue weighted by atomic mass is 16.5. The summed E-state index contributed by atoms with van der Waals surface area (Å²) in [5, 5.41) is 11.4. The summed E-state index contributed by atoms with van der Waals surface area (Å²) in [5.74, 6) is 1.21. The molecule has 0 radical (unpaired) electrons. The van der Waals surface area contributed by atoms with E-state index in [1.54, 1.807) is 0 Å². The van der Waals surface area contributed by atoms with Crippen molar-refractivity contribution < 1.29 is 9.84 Å². The van der Waals surface area contributed by atoms with Gasteiger partial charge in [0.2, 0.25) is 0 Å². The molecule has 4 nitrogen and oxygen atoms in total. The molecule has 4 heterocycles. The fourth-order valence-corrected chi connectivity index (χ4v) is 5.50. The van der Waals surface area contributed by atoms with Crippen molar-refractivity contribution >= 4 is 10.9 Å². The second-order valence-electron chi connectivity index (χ2n) is 8.80. The predicted molar refractivity (Wildman–Crippen MR) is 124 cm³/mol. The molecule has 3 fully saturated rings. The minimum absolute atomic E-state index is 0.0467. The highest BCUT2D eigenvalue weighted by Crippen LogP contribution is 2.44. The van der Waals surface area contributed by atoms with Gasteiger partial charge < -0.3 is 9.84 Å². The van der Waals surface area contributed by atoms with Crippen LogP contribution < -0.4 is 0 Å². The Morgan fingerprint density at radius 2 is 1.94 bits per heavy atom. The van der Waals surface area contributed by atoms with Crippen molar-refractivity contribution in [1.29, 1.82) is 0 Å². The number of fused-ring (bicyclic) bond motifs is 4. The third-order valence-electron chi connectivity index (χ3n) is 7.14. The van der Waals surface area contributed by atoms with Crippen LogP contribution in [-0.4, -0.2) is 40.7 Å². The van der Waals surface area contributed by atoms with Crippen LogP contribution in [0.2, 0.25) is 0 Å². The zero-order chi connectivity index (χ0) is 21.2. The number of aliphatic hydroxyl groups is 1. The highest BCUT2D eigenvalue weighted by Gasteiger charge is 2.44. The van der Waals surface area contributed by atoms with Crippen molar-refractivity contribution in [2.24, 2.45) is 11.8 Å². The molecule has 6 rings (SSSR count). The quantitative estimate of drug-likeness (QED) is 0.557. The van der Waals surface area contributed by atoms with Crippen molar-refractivity contribution in [2.75, 3.05) is 19.7 Å². The van der Waals surface area contributed by atoms with Crippen LogP contribution in [0.5, 0.6) is 0 Å². The summed E-state index contributed by atoms with van der Waals surface area (Å²) < 4.78 is 6.80. The van der Waals surface area contributed by atoms with Crippen LogP contribution in [0.15, 0.2) is 79.5 Å². The Labute approximate surface area is 184 Å². The van der Waals surface area contributed by atoms with Gasteiger partial charge in [-0.2, -0.15) is 0 Å². The van der Waals surface area contributed by atoms with Crippen molar-refractivity contribution in [1.82, 2.24) is 9.88 Å². The van der Waals surface area contributed by atoms with E-state index in [9.17, 15) is 5.11 Å². The Hall–Kier alpha value is -2.53. The number of hydrogen-bond donors (Lipinski definition) is 1. The maximum Gasteiger partial charge on any atom is 0.106 e. The number of benzene rings is 2. The molecule has 0 spiro atoms. The highest BCUT2D eigenvalue weighted by molar-refractivity contribution is 5.82. The second kappa shape index (κ2) is 8.91. The Morgan fingerprint density at radius 3 is 2.68 bits per heavy atom. The van der Waals surface area contributed by atoms with Crippen molar-refractivity contribution in [3.63, 3.8) is 0 Å². The number of piperidine rings is 3. The summed E-state index contributed by atoms with van der Waals surface area (Å²) in [6, 6.07) is 20.7. The first kappa shape index (κ1) is 20.4. The smallest absolute Gasteiger partial charge is 0.106 e. The molecule has 0 saturated carbocycles. The molecule has 3 aromatic rings. The van der Waals surface area contributed by atoms with Gasteiger partial charge in [0.1, 0.15) is 6.10 Å². The third kappa shape index (κ3) is 3.91. The molecule has 2 aromatic carbocycles. The van der Waals surface area contributed by atoms with Crippen LogP contribution in [0.3, 0.4) is 0 Å². The van der Waals surface area contributed by atoms with E-state index < -0.39 is 0 Å². The van der Waals surface area contributed by atoms with E-state index in [2.05, 4.69) is 46.8 Å². The van der Waals surface area contributed by atoms with E-state index >= 15 is 0 Å². The minimum Gasteiger partial charge on any atom is -0.393 e. The zero-order valence-corrected chi connectivity index (χ0v) is 17.8. The molecule has 3 aliphatic heterocycles. The molecule has 31 heavy (non-hydrogen) atoms. The Bertz CT molecular complexity index is 1030. The molecule has 160 valence electrons. The van der Waals surface area contributed by atoms with Gasteiger partial charge in [-0.3, -0.25) is 9.88 Å². The van der Waals surface area contributed by atoms with Gasteiger partial charge in [-0.1, -0.05) is 54.6 Å². The van der Waals surface area contributed by atoms with Crippen molar-refractivity contribution in [2.45, 2.75) is 31.1 Å². The van der Waals surface area contributed by atoms with Gasteiger partial charge in [0.25, 0.3) is 0 Å². The molecule has 4 heteroatoms. The molecule has 3 saturated heterocycles. The maximum atomic E-state index is 10.2. The van der Waals surface area contributed by atoms with E-state index in [1.165, 1.54) is 6.42 Å². The van der Waals surface area contributed by atoms with Crippen LogP contribution in [0, 0.1) is 11.8 Å². The van der Waals surface area contributed by atoms with Crippen LogP contribution in [0.4, 0.5) is 0 Å². The first-order valence-electron chi connectivity index (χ1n) is 11.3. The van der Waals surface area contributed by atoms with Crippen LogP contribution >= 0.6 is 0 Å². The average Bonchev–Trinajstić information content (AvgIpc) is 2.85. The predicted octanol–water partition coefficient (Wildman–Crippen LogP) is 4.92. The molecule has 1 N–H and O–H groups in total. The molecular formula is C27H30N2O2. The standard InChI is InChI=1S/C27H30N2O2/c1-2-19-17-29-15-13-21(19)16-25(29)27(31-26(18-30)20-8-4-3-5-9-20)23-12-14-28-24-11-7-6-10-22(23)24/h2-12,14,19,21,25-27,30H,1,13,15-18H2/t19-,21-,25+,26+,27+/m0/s1. The Morgan fingerprint density at radius 1 is 1.13 bits per heavy atom. The lowest BCUT2D eigenvalue weighted by atomic mass is 9.73. The largest absolute Gasteiger partial charge is 0.393 e. The van der Waals surface area contributed by atoms with Crippen LogP contribution in [0.25, 0.3) is 10.9 Å². The fourth-order valence-electron chi connectivity index (χ4n) is 5.50.